The van der Waals surface area contributed by atoms with Gasteiger partial charge in [0.15, 0.2) is 0 Å². The molecule has 0 unspecified atom stereocenters. The van der Waals surface area contributed by atoms with E-state index in [9.17, 15) is 9.59 Å². The minimum Gasteiger partial charge on any atom is -0.325 e. The second-order valence-corrected chi connectivity index (χ2v) is 2.28. The van der Waals surface area contributed by atoms with Crippen molar-refractivity contribution in [1.82, 2.24) is 9.97 Å². The number of hydrogen-bond acceptors (Lipinski definition) is 3. The molecular weight excluding hydrogens is 170 g/mol. The molecular formula is C5H6ClN3O2. The lowest BCUT2D eigenvalue weighted by atomic mass is 10.4. The average Bonchev–Trinajstić information content (AvgIpc) is 1.96. The van der Waals surface area contributed by atoms with Gasteiger partial charge in [-0.2, -0.15) is 0 Å². The number of rotatable bonds is 1. The van der Waals surface area contributed by atoms with Crippen molar-refractivity contribution in [2.75, 3.05) is 0 Å². The van der Waals surface area contributed by atoms with Crippen LogP contribution in [0.25, 0.3) is 0 Å². The van der Waals surface area contributed by atoms with Gasteiger partial charge in [0.2, 0.25) is 0 Å². The molecule has 0 fully saturated rings. The molecule has 0 atom stereocenters. The Morgan fingerprint density at radius 3 is 2.55 bits per heavy atom. The summed E-state index contributed by atoms with van der Waals surface area (Å²) < 4.78 is 0. The zero-order valence-corrected chi connectivity index (χ0v) is 6.23. The lowest BCUT2D eigenvalue weighted by Gasteiger charge is -1.96. The summed E-state index contributed by atoms with van der Waals surface area (Å²) in [7, 11) is 0. The first kappa shape index (κ1) is 8.03. The van der Waals surface area contributed by atoms with Crippen LogP contribution in [0.4, 0.5) is 0 Å². The predicted octanol–water partition coefficient (Wildman–Crippen LogP) is -0.825. The maximum absolute atomic E-state index is 10.8. The van der Waals surface area contributed by atoms with Crippen LogP contribution in [0, 0.1) is 0 Å². The van der Waals surface area contributed by atoms with Gasteiger partial charge in [0.05, 0.1) is 5.69 Å². The van der Waals surface area contributed by atoms with Crippen molar-refractivity contribution in [3.05, 3.63) is 31.6 Å². The van der Waals surface area contributed by atoms with Crippen molar-refractivity contribution in [2.24, 2.45) is 5.73 Å². The van der Waals surface area contributed by atoms with E-state index in [1.807, 2.05) is 4.98 Å². The standard InChI is InChI=1S/C5H6ClN3O2/c6-3-2(1-7)8-5(11)9-4(3)10/h1,7H2,(H2,8,9,10,11). The maximum atomic E-state index is 10.8. The smallest absolute Gasteiger partial charge is 0.325 e. The number of H-pyrrole nitrogens is 2. The van der Waals surface area contributed by atoms with E-state index in [4.69, 9.17) is 17.3 Å². The van der Waals surface area contributed by atoms with Crippen LogP contribution in [0.1, 0.15) is 5.69 Å². The zero-order chi connectivity index (χ0) is 8.43. The normalized spacial score (nSPS) is 10.0. The summed E-state index contributed by atoms with van der Waals surface area (Å²) in [6.45, 7) is 0.0397. The Balaban J connectivity index is 3.49. The molecule has 0 aliphatic rings. The number of aromatic amines is 2. The van der Waals surface area contributed by atoms with Gasteiger partial charge in [-0.1, -0.05) is 11.6 Å². The van der Waals surface area contributed by atoms with Crippen LogP contribution in [0.3, 0.4) is 0 Å². The second kappa shape index (κ2) is 2.89. The second-order valence-electron chi connectivity index (χ2n) is 1.90. The molecule has 5 nitrogen and oxygen atoms in total. The lowest BCUT2D eigenvalue weighted by molar-refractivity contribution is 0.915. The fourth-order valence-corrected chi connectivity index (χ4v) is 0.830. The molecule has 0 bridgehead atoms. The Bertz CT molecular complexity index is 367. The molecule has 11 heavy (non-hydrogen) atoms. The minimum absolute atomic E-state index is 0.0397. The van der Waals surface area contributed by atoms with E-state index in [2.05, 4.69) is 4.98 Å². The maximum Gasteiger partial charge on any atom is 0.326 e. The van der Waals surface area contributed by atoms with Gasteiger partial charge in [0.25, 0.3) is 5.56 Å². The number of nitrogens with two attached hydrogens (primary N) is 1. The van der Waals surface area contributed by atoms with Crippen LogP contribution in [-0.2, 0) is 6.54 Å². The van der Waals surface area contributed by atoms with Crippen molar-refractivity contribution in [1.29, 1.82) is 0 Å². The van der Waals surface area contributed by atoms with Crippen LogP contribution >= 0.6 is 11.6 Å². The van der Waals surface area contributed by atoms with E-state index in [1.54, 1.807) is 0 Å². The molecule has 0 aromatic carbocycles. The number of halogens is 1. The predicted molar refractivity (Wildman–Crippen MR) is 40.6 cm³/mol. The van der Waals surface area contributed by atoms with Gasteiger partial charge in [-0.15, -0.1) is 0 Å². The Morgan fingerprint density at radius 1 is 1.36 bits per heavy atom. The quantitative estimate of drug-likeness (QED) is 0.521. The van der Waals surface area contributed by atoms with E-state index < -0.39 is 11.2 Å². The van der Waals surface area contributed by atoms with Crippen molar-refractivity contribution in [3.8, 4) is 0 Å². The van der Waals surface area contributed by atoms with E-state index in [0.29, 0.717) is 0 Å². The molecule has 60 valence electrons. The molecule has 1 aromatic heterocycles. The third-order valence-corrected chi connectivity index (χ3v) is 1.56. The van der Waals surface area contributed by atoms with Crippen molar-refractivity contribution < 1.29 is 0 Å². The summed E-state index contributed by atoms with van der Waals surface area (Å²) in [6, 6.07) is 0. The molecule has 1 heterocycles. The first-order valence-corrected chi connectivity index (χ1v) is 3.24. The first-order valence-electron chi connectivity index (χ1n) is 2.86. The Labute approximate surface area is 66.2 Å². The molecule has 0 saturated carbocycles. The Morgan fingerprint density at radius 2 is 2.00 bits per heavy atom. The van der Waals surface area contributed by atoms with Crippen LogP contribution in [0.5, 0.6) is 0 Å². The summed E-state index contributed by atoms with van der Waals surface area (Å²) >= 11 is 5.47. The summed E-state index contributed by atoms with van der Waals surface area (Å²) in [5.74, 6) is 0. The highest BCUT2D eigenvalue weighted by Gasteiger charge is 2.03. The summed E-state index contributed by atoms with van der Waals surface area (Å²) in [4.78, 5) is 25.6. The molecule has 0 saturated heterocycles. The van der Waals surface area contributed by atoms with Gasteiger partial charge in [-0.25, -0.2) is 4.79 Å². The Hall–Kier alpha value is -1.07. The third-order valence-electron chi connectivity index (χ3n) is 1.16. The molecule has 0 spiro atoms. The summed E-state index contributed by atoms with van der Waals surface area (Å²) in [5.41, 5.74) is 4.22. The average molecular weight is 176 g/mol. The van der Waals surface area contributed by atoms with Gasteiger partial charge in [-0.3, -0.25) is 9.78 Å². The van der Waals surface area contributed by atoms with E-state index in [0.717, 1.165) is 0 Å². The highest BCUT2D eigenvalue weighted by Crippen LogP contribution is 2.02. The summed E-state index contributed by atoms with van der Waals surface area (Å²) in [5, 5.41) is -0.0629. The molecule has 0 aliphatic heterocycles. The summed E-state index contributed by atoms with van der Waals surface area (Å²) in [6.07, 6.45) is 0. The first-order chi connectivity index (χ1) is 5.15. The van der Waals surface area contributed by atoms with E-state index in [-0.39, 0.29) is 17.3 Å². The van der Waals surface area contributed by atoms with E-state index in [1.165, 1.54) is 0 Å². The van der Waals surface area contributed by atoms with Gasteiger partial charge in [0, 0.05) is 6.54 Å². The van der Waals surface area contributed by atoms with Crippen LogP contribution in [0.15, 0.2) is 9.59 Å². The van der Waals surface area contributed by atoms with Gasteiger partial charge >= 0.3 is 5.69 Å². The monoisotopic (exact) mass is 175 g/mol. The Kier molecular flexibility index (Phi) is 2.11. The highest BCUT2D eigenvalue weighted by atomic mass is 35.5. The van der Waals surface area contributed by atoms with Gasteiger partial charge in [-0.05, 0) is 0 Å². The molecule has 1 aromatic rings. The number of nitrogens with one attached hydrogen (secondary N) is 2. The highest BCUT2D eigenvalue weighted by molar-refractivity contribution is 6.30. The van der Waals surface area contributed by atoms with Crippen LogP contribution in [-0.4, -0.2) is 9.97 Å². The SMILES string of the molecule is NCc1[nH]c(=O)[nH]c(=O)c1Cl. The fourth-order valence-electron chi connectivity index (χ4n) is 0.659. The lowest BCUT2D eigenvalue weighted by Crippen LogP contribution is -2.25. The number of hydrogen-bond donors (Lipinski definition) is 3. The third kappa shape index (κ3) is 1.50. The number of aromatic nitrogens is 2. The molecule has 0 radical (unpaired) electrons. The topological polar surface area (TPSA) is 91.7 Å². The molecule has 6 heteroatoms. The van der Waals surface area contributed by atoms with Crippen LogP contribution < -0.4 is 17.0 Å². The molecule has 4 N–H and O–H groups in total. The molecule has 1 rings (SSSR count). The van der Waals surface area contributed by atoms with E-state index >= 15 is 0 Å². The zero-order valence-electron chi connectivity index (χ0n) is 5.48. The molecule has 0 amide bonds. The van der Waals surface area contributed by atoms with Gasteiger partial charge < -0.3 is 10.7 Å². The van der Waals surface area contributed by atoms with Crippen molar-refractivity contribution in [2.45, 2.75) is 6.54 Å². The van der Waals surface area contributed by atoms with Gasteiger partial charge in [0.1, 0.15) is 5.02 Å². The fraction of sp³-hybridized carbons (Fsp3) is 0.200. The molecule has 0 aliphatic carbocycles. The van der Waals surface area contributed by atoms with Crippen LogP contribution in [0.2, 0.25) is 5.02 Å². The van der Waals surface area contributed by atoms with Crippen molar-refractivity contribution in [3.63, 3.8) is 0 Å². The van der Waals surface area contributed by atoms with Crippen molar-refractivity contribution >= 4 is 11.6 Å². The minimum atomic E-state index is -0.615. The largest absolute Gasteiger partial charge is 0.326 e.